The number of aromatic nitrogens is 2. The molecule has 0 amide bonds. The third-order valence-corrected chi connectivity index (χ3v) is 8.39. The molecule has 4 rings (SSSR count). The molecule has 3 heterocycles. The fourth-order valence-corrected chi connectivity index (χ4v) is 6.44. The molecule has 1 aliphatic heterocycles. The zero-order chi connectivity index (χ0) is 23.4. The van der Waals surface area contributed by atoms with Crippen molar-refractivity contribution in [3.63, 3.8) is 0 Å². The molecule has 0 N–H and O–H groups in total. The van der Waals surface area contributed by atoms with Crippen LogP contribution in [-0.2, 0) is 17.8 Å². The van der Waals surface area contributed by atoms with Gasteiger partial charge in [-0.2, -0.15) is 0 Å². The lowest BCUT2D eigenvalue weighted by molar-refractivity contribution is 0.00200. The van der Waals surface area contributed by atoms with Crippen molar-refractivity contribution in [2.45, 2.75) is 77.2 Å². The van der Waals surface area contributed by atoms with Crippen LogP contribution >= 0.6 is 23.1 Å². The maximum atomic E-state index is 13.9. The van der Waals surface area contributed by atoms with E-state index in [0.29, 0.717) is 12.5 Å². The van der Waals surface area contributed by atoms with Crippen LogP contribution < -0.4 is 10.3 Å². The molecule has 1 atom stereocenters. The fourth-order valence-electron chi connectivity index (χ4n) is 4.26. The Hall–Kier alpha value is -1.83. The number of ether oxygens (including phenoxy) is 2. The molecule has 178 valence electrons. The molecule has 1 aliphatic rings. The van der Waals surface area contributed by atoms with Gasteiger partial charge in [-0.1, -0.05) is 58.2 Å². The van der Waals surface area contributed by atoms with Gasteiger partial charge < -0.3 is 9.47 Å². The van der Waals surface area contributed by atoms with E-state index in [1.54, 1.807) is 34.8 Å². The van der Waals surface area contributed by atoms with Crippen LogP contribution in [0.3, 0.4) is 0 Å². The van der Waals surface area contributed by atoms with Gasteiger partial charge >= 0.3 is 0 Å². The molecule has 0 saturated heterocycles. The zero-order valence-electron chi connectivity index (χ0n) is 20.1. The van der Waals surface area contributed by atoms with E-state index in [1.807, 2.05) is 24.3 Å². The van der Waals surface area contributed by atoms with E-state index in [-0.39, 0.29) is 11.7 Å². The van der Waals surface area contributed by atoms with Crippen LogP contribution in [0.15, 0.2) is 34.2 Å². The number of methoxy groups -OCH3 is 1. The van der Waals surface area contributed by atoms with E-state index in [9.17, 15) is 4.79 Å². The summed E-state index contributed by atoms with van der Waals surface area (Å²) in [5.74, 6) is 2.14. The Morgan fingerprint density at radius 1 is 1.21 bits per heavy atom. The normalized spacial score (nSPS) is 15.8. The summed E-state index contributed by atoms with van der Waals surface area (Å²) in [5.41, 5.74) is 1.99. The Balaban J connectivity index is 1.74. The number of thiophene rings is 1. The number of hydrogen-bond acceptors (Lipinski definition) is 6. The molecule has 0 unspecified atom stereocenters. The molecule has 3 aromatic rings. The highest BCUT2D eigenvalue weighted by Crippen LogP contribution is 2.36. The first kappa shape index (κ1) is 24.3. The van der Waals surface area contributed by atoms with Crippen molar-refractivity contribution in [3.05, 3.63) is 45.1 Å². The lowest BCUT2D eigenvalue weighted by Gasteiger charge is -2.26. The van der Waals surface area contributed by atoms with Crippen molar-refractivity contribution in [1.82, 2.24) is 9.55 Å². The maximum Gasteiger partial charge on any atom is 0.267 e. The van der Waals surface area contributed by atoms with Gasteiger partial charge in [-0.15, -0.1) is 11.3 Å². The summed E-state index contributed by atoms with van der Waals surface area (Å²) < 4.78 is 13.2. The summed E-state index contributed by atoms with van der Waals surface area (Å²) in [6, 6.07) is 7.68. The van der Waals surface area contributed by atoms with E-state index in [4.69, 9.17) is 14.5 Å². The topological polar surface area (TPSA) is 53.4 Å². The Labute approximate surface area is 204 Å². The van der Waals surface area contributed by atoms with E-state index >= 15 is 0 Å². The Kier molecular flexibility index (Phi) is 8.15. The number of thioether (sulfide) groups is 1. The van der Waals surface area contributed by atoms with Gasteiger partial charge in [-0.3, -0.25) is 9.36 Å². The summed E-state index contributed by atoms with van der Waals surface area (Å²) in [4.78, 5) is 20.9. The molecule has 0 spiro atoms. The molecule has 5 nitrogen and oxygen atoms in total. The van der Waals surface area contributed by atoms with Crippen molar-refractivity contribution >= 4 is 33.3 Å². The van der Waals surface area contributed by atoms with Crippen LogP contribution in [0.5, 0.6) is 5.75 Å². The van der Waals surface area contributed by atoms with Gasteiger partial charge in [0, 0.05) is 17.1 Å². The third kappa shape index (κ3) is 5.31. The molecule has 7 heteroatoms. The summed E-state index contributed by atoms with van der Waals surface area (Å²) >= 11 is 3.31. The smallest absolute Gasteiger partial charge is 0.267 e. The zero-order valence-corrected chi connectivity index (χ0v) is 21.7. The van der Waals surface area contributed by atoms with Crippen molar-refractivity contribution in [3.8, 4) is 11.4 Å². The minimum atomic E-state index is 0.0283. The highest BCUT2D eigenvalue weighted by atomic mass is 32.2. The number of benzene rings is 1. The largest absolute Gasteiger partial charge is 0.497 e. The number of nitrogens with zero attached hydrogens (tertiary/aromatic N) is 2. The second kappa shape index (κ2) is 11.1. The monoisotopic (exact) mass is 486 g/mol. The molecule has 0 saturated carbocycles. The summed E-state index contributed by atoms with van der Waals surface area (Å²) in [6.07, 6.45) is 7.06. The van der Waals surface area contributed by atoms with Crippen LogP contribution in [-0.4, -0.2) is 28.5 Å². The van der Waals surface area contributed by atoms with Crippen LogP contribution in [0.2, 0.25) is 0 Å². The van der Waals surface area contributed by atoms with Gasteiger partial charge in [0.05, 0.1) is 30.9 Å². The van der Waals surface area contributed by atoms with E-state index in [0.717, 1.165) is 55.8 Å². The first-order valence-corrected chi connectivity index (χ1v) is 13.8. The predicted molar refractivity (Wildman–Crippen MR) is 138 cm³/mol. The minimum Gasteiger partial charge on any atom is -0.497 e. The first-order valence-electron chi connectivity index (χ1n) is 12.0. The molecule has 33 heavy (non-hydrogen) atoms. The lowest BCUT2D eigenvalue weighted by atomic mass is 9.96. The van der Waals surface area contributed by atoms with Gasteiger partial charge in [0.1, 0.15) is 10.6 Å². The number of rotatable bonds is 10. The molecule has 0 aliphatic carbocycles. The summed E-state index contributed by atoms with van der Waals surface area (Å²) in [6.45, 7) is 7.15. The lowest BCUT2D eigenvalue weighted by Crippen LogP contribution is -2.28. The average molecular weight is 487 g/mol. The van der Waals surface area contributed by atoms with Crippen LogP contribution in [0.25, 0.3) is 15.9 Å². The van der Waals surface area contributed by atoms with Gasteiger partial charge in [-0.05, 0) is 42.2 Å². The van der Waals surface area contributed by atoms with Crippen molar-refractivity contribution in [2.24, 2.45) is 5.92 Å². The van der Waals surface area contributed by atoms with E-state index in [1.165, 1.54) is 25.7 Å². The van der Waals surface area contributed by atoms with Crippen molar-refractivity contribution < 1.29 is 9.47 Å². The predicted octanol–water partition coefficient (Wildman–Crippen LogP) is 6.62. The Morgan fingerprint density at radius 2 is 1.97 bits per heavy atom. The van der Waals surface area contributed by atoms with Crippen molar-refractivity contribution in [2.75, 3.05) is 12.9 Å². The number of unbranched alkanes of at least 4 members (excludes halogenated alkanes) is 4. The SMILES string of the molecule is CCCCCCCSc1nc2sc3c(c2c(=O)n1-c1ccc(OC)cc1)C[C@@H](C(C)C)OC3. The molecule has 2 aromatic heterocycles. The van der Waals surface area contributed by atoms with Crippen LogP contribution in [0.1, 0.15) is 63.3 Å². The standard InChI is InChI=1S/C26H34N2O3S2/c1-5-6-7-8-9-14-32-26-27-24-23(20-15-21(17(2)3)31-16-22(20)33-24)25(29)28(26)18-10-12-19(30-4)13-11-18/h10-13,17,21H,5-9,14-16H2,1-4H3/t21-/m0/s1. The van der Waals surface area contributed by atoms with Gasteiger partial charge in [0.25, 0.3) is 5.56 Å². The van der Waals surface area contributed by atoms with Gasteiger partial charge in [0.15, 0.2) is 5.16 Å². The fraction of sp³-hybridized carbons (Fsp3) is 0.538. The van der Waals surface area contributed by atoms with E-state index < -0.39 is 0 Å². The highest BCUT2D eigenvalue weighted by molar-refractivity contribution is 7.99. The quantitative estimate of drug-likeness (QED) is 0.183. The minimum absolute atomic E-state index is 0.0283. The van der Waals surface area contributed by atoms with Crippen LogP contribution in [0.4, 0.5) is 0 Å². The molecule has 1 aromatic carbocycles. The average Bonchev–Trinajstić information content (AvgIpc) is 3.19. The van der Waals surface area contributed by atoms with E-state index in [2.05, 4.69) is 20.8 Å². The Bertz CT molecular complexity index is 1140. The van der Waals surface area contributed by atoms with Crippen molar-refractivity contribution in [1.29, 1.82) is 0 Å². The Morgan fingerprint density at radius 3 is 2.67 bits per heavy atom. The molecule has 0 bridgehead atoms. The molecular formula is C26H34N2O3S2. The summed E-state index contributed by atoms with van der Waals surface area (Å²) in [5, 5.41) is 1.54. The van der Waals surface area contributed by atoms with Crippen LogP contribution in [0, 0.1) is 5.92 Å². The maximum absolute atomic E-state index is 13.9. The second-order valence-electron chi connectivity index (χ2n) is 8.98. The van der Waals surface area contributed by atoms with Gasteiger partial charge in [0.2, 0.25) is 0 Å². The van der Waals surface area contributed by atoms with Gasteiger partial charge in [-0.25, -0.2) is 4.98 Å². The first-order chi connectivity index (χ1) is 16.0. The third-order valence-electron chi connectivity index (χ3n) is 6.26. The highest BCUT2D eigenvalue weighted by Gasteiger charge is 2.28. The molecule has 0 fully saturated rings. The summed E-state index contributed by atoms with van der Waals surface area (Å²) in [7, 11) is 1.65. The molecular weight excluding hydrogens is 452 g/mol. The molecule has 0 radical (unpaired) electrons. The second-order valence-corrected chi connectivity index (χ2v) is 11.1. The number of hydrogen-bond donors (Lipinski definition) is 0. The number of fused-ring (bicyclic) bond motifs is 3.